The van der Waals surface area contributed by atoms with Crippen LogP contribution in [0.15, 0.2) is 24.3 Å². The quantitative estimate of drug-likeness (QED) is 0.895. The highest BCUT2D eigenvalue weighted by molar-refractivity contribution is 5.96. The Bertz CT molecular complexity index is 497. The lowest BCUT2D eigenvalue weighted by Gasteiger charge is -2.21. The van der Waals surface area contributed by atoms with E-state index in [0.29, 0.717) is 5.69 Å². The molecule has 0 saturated carbocycles. The van der Waals surface area contributed by atoms with Crippen LogP contribution >= 0.6 is 0 Å². The predicted molar refractivity (Wildman–Crippen MR) is 73.9 cm³/mol. The molecule has 20 heavy (non-hydrogen) atoms. The monoisotopic (exact) mass is 282 g/mol. The van der Waals surface area contributed by atoms with Crippen molar-refractivity contribution in [3.63, 3.8) is 0 Å². The molecule has 0 bridgehead atoms. The number of alkyl carbamates (subject to hydrolysis) is 1. The Kier molecular flexibility index (Phi) is 5.07. The van der Waals surface area contributed by atoms with Gasteiger partial charge < -0.3 is 15.4 Å². The topological polar surface area (TPSA) is 67.4 Å². The third-order valence-electron chi connectivity index (χ3n) is 2.22. The van der Waals surface area contributed by atoms with E-state index in [9.17, 15) is 14.0 Å². The number of anilines is 1. The molecule has 0 aromatic heterocycles. The summed E-state index contributed by atoms with van der Waals surface area (Å²) in [6.07, 6.45) is -0.681. The minimum absolute atomic E-state index is 0.327. The van der Waals surface area contributed by atoms with Crippen LogP contribution in [0.4, 0.5) is 14.9 Å². The predicted octanol–water partition coefficient (Wildman–Crippen LogP) is 2.68. The number of hydrogen-bond acceptors (Lipinski definition) is 3. The van der Waals surface area contributed by atoms with Gasteiger partial charge in [-0.3, -0.25) is 4.79 Å². The summed E-state index contributed by atoms with van der Waals surface area (Å²) in [4.78, 5) is 23.3. The van der Waals surface area contributed by atoms with E-state index in [1.807, 2.05) is 0 Å². The first kappa shape index (κ1) is 15.9. The van der Waals surface area contributed by atoms with Gasteiger partial charge in [-0.2, -0.15) is 0 Å². The van der Waals surface area contributed by atoms with Crippen LogP contribution in [-0.4, -0.2) is 23.6 Å². The Labute approximate surface area is 117 Å². The van der Waals surface area contributed by atoms with Crippen LogP contribution in [0.1, 0.15) is 27.7 Å². The summed E-state index contributed by atoms with van der Waals surface area (Å²) < 4.78 is 18.0. The fourth-order valence-corrected chi connectivity index (χ4v) is 1.37. The smallest absolute Gasteiger partial charge is 0.408 e. The molecule has 6 heteroatoms. The molecular weight excluding hydrogens is 263 g/mol. The van der Waals surface area contributed by atoms with Gasteiger partial charge in [0.15, 0.2) is 0 Å². The van der Waals surface area contributed by atoms with E-state index in [-0.39, 0.29) is 0 Å². The molecule has 0 fully saturated rings. The highest BCUT2D eigenvalue weighted by Crippen LogP contribution is 2.10. The Balaban J connectivity index is 2.53. The molecule has 0 aliphatic heterocycles. The van der Waals surface area contributed by atoms with Gasteiger partial charge in [0.2, 0.25) is 5.91 Å². The molecule has 0 aliphatic rings. The normalized spacial score (nSPS) is 12.4. The number of nitrogens with one attached hydrogen (secondary N) is 2. The third-order valence-corrected chi connectivity index (χ3v) is 2.22. The van der Waals surface area contributed by atoms with Gasteiger partial charge in [-0.05, 0) is 45.9 Å². The van der Waals surface area contributed by atoms with Crippen molar-refractivity contribution < 1.29 is 18.7 Å². The van der Waals surface area contributed by atoms with Gasteiger partial charge in [-0.1, -0.05) is 6.07 Å². The maximum absolute atomic E-state index is 13.0. The summed E-state index contributed by atoms with van der Waals surface area (Å²) in [5.41, 5.74) is -0.309. The molecule has 2 N–H and O–H groups in total. The standard InChI is InChI=1S/C14H19FN2O3/c1-9(16-13(19)20-14(2,3)4)12(18)17-11-7-5-6-10(15)8-11/h5-9H,1-4H3,(H,16,19)(H,17,18)/t9-/m0/s1. The molecule has 2 amide bonds. The zero-order chi connectivity index (χ0) is 15.3. The minimum atomic E-state index is -0.798. The fourth-order valence-electron chi connectivity index (χ4n) is 1.37. The number of hydrogen-bond donors (Lipinski definition) is 2. The maximum atomic E-state index is 13.0. The second-order valence-electron chi connectivity index (χ2n) is 5.37. The third kappa shape index (κ3) is 5.69. The van der Waals surface area contributed by atoms with E-state index < -0.39 is 29.5 Å². The van der Waals surface area contributed by atoms with Crippen molar-refractivity contribution in [1.29, 1.82) is 0 Å². The number of halogens is 1. The Hall–Kier alpha value is -2.11. The molecule has 0 spiro atoms. The van der Waals surface area contributed by atoms with E-state index in [4.69, 9.17) is 4.74 Å². The second-order valence-corrected chi connectivity index (χ2v) is 5.37. The SMILES string of the molecule is C[C@H](NC(=O)OC(C)(C)C)C(=O)Nc1cccc(F)c1. The maximum Gasteiger partial charge on any atom is 0.408 e. The van der Waals surface area contributed by atoms with Crippen LogP contribution in [-0.2, 0) is 9.53 Å². The number of ether oxygens (including phenoxy) is 1. The number of carbonyl (C=O) groups is 2. The first-order valence-corrected chi connectivity index (χ1v) is 6.23. The summed E-state index contributed by atoms with van der Waals surface area (Å²) in [6.45, 7) is 6.69. The van der Waals surface area contributed by atoms with Gasteiger partial charge in [-0.15, -0.1) is 0 Å². The van der Waals surface area contributed by atoms with Crippen molar-refractivity contribution >= 4 is 17.7 Å². The fraction of sp³-hybridized carbons (Fsp3) is 0.429. The summed E-state index contributed by atoms with van der Waals surface area (Å²) in [5.74, 6) is -0.906. The van der Waals surface area contributed by atoms with E-state index in [1.54, 1.807) is 26.8 Å². The van der Waals surface area contributed by atoms with Gasteiger partial charge in [0, 0.05) is 5.69 Å². The molecule has 0 saturated heterocycles. The van der Waals surface area contributed by atoms with Crippen molar-refractivity contribution in [3.05, 3.63) is 30.1 Å². The molecule has 110 valence electrons. The van der Waals surface area contributed by atoms with Crippen LogP contribution in [0, 0.1) is 5.82 Å². The molecule has 5 nitrogen and oxygen atoms in total. The first-order chi connectivity index (χ1) is 9.17. The lowest BCUT2D eigenvalue weighted by atomic mass is 10.2. The van der Waals surface area contributed by atoms with Crippen molar-refractivity contribution in [1.82, 2.24) is 5.32 Å². The number of rotatable bonds is 3. The largest absolute Gasteiger partial charge is 0.444 e. The molecule has 0 heterocycles. The average Bonchev–Trinajstić information content (AvgIpc) is 2.25. The summed E-state index contributed by atoms with van der Waals surface area (Å²) in [5, 5.41) is 4.91. The molecule has 0 aliphatic carbocycles. The molecule has 1 rings (SSSR count). The molecule has 1 aromatic carbocycles. The van der Waals surface area contributed by atoms with E-state index in [0.717, 1.165) is 0 Å². The lowest BCUT2D eigenvalue weighted by Crippen LogP contribution is -2.43. The number of benzene rings is 1. The van der Waals surface area contributed by atoms with E-state index in [1.165, 1.54) is 25.1 Å². The van der Waals surface area contributed by atoms with Crippen molar-refractivity contribution in [3.8, 4) is 0 Å². The highest BCUT2D eigenvalue weighted by atomic mass is 19.1. The van der Waals surface area contributed by atoms with Crippen LogP contribution in [0.5, 0.6) is 0 Å². The highest BCUT2D eigenvalue weighted by Gasteiger charge is 2.21. The Morgan fingerprint density at radius 3 is 2.50 bits per heavy atom. The average molecular weight is 282 g/mol. The van der Waals surface area contributed by atoms with Crippen LogP contribution in [0.25, 0.3) is 0 Å². The summed E-state index contributed by atoms with van der Waals surface area (Å²) >= 11 is 0. The zero-order valence-electron chi connectivity index (χ0n) is 12.0. The number of carbonyl (C=O) groups excluding carboxylic acids is 2. The van der Waals surface area contributed by atoms with Crippen LogP contribution < -0.4 is 10.6 Å². The van der Waals surface area contributed by atoms with Gasteiger partial charge in [0.25, 0.3) is 0 Å². The Morgan fingerprint density at radius 2 is 1.95 bits per heavy atom. The van der Waals surface area contributed by atoms with Crippen molar-refractivity contribution in [2.45, 2.75) is 39.3 Å². The van der Waals surface area contributed by atoms with Crippen molar-refractivity contribution in [2.75, 3.05) is 5.32 Å². The van der Waals surface area contributed by atoms with Gasteiger partial charge >= 0.3 is 6.09 Å². The molecule has 0 unspecified atom stereocenters. The van der Waals surface area contributed by atoms with E-state index >= 15 is 0 Å². The molecule has 1 atom stereocenters. The van der Waals surface area contributed by atoms with Crippen LogP contribution in [0.3, 0.4) is 0 Å². The summed E-state index contributed by atoms with van der Waals surface area (Å²) in [6, 6.07) is 4.71. The Morgan fingerprint density at radius 1 is 1.30 bits per heavy atom. The van der Waals surface area contributed by atoms with Gasteiger partial charge in [0.05, 0.1) is 0 Å². The zero-order valence-corrected chi connectivity index (χ0v) is 12.0. The summed E-state index contributed by atoms with van der Waals surface area (Å²) in [7, 11) is 0. The van der Waals surface area contributed by atoms with Crippen molar-refractivity contribution in [2.24, 2.45) is 0 Å². The van der Waals surface area contributed by atoms with Crippen LogP contribution in [0.2, 0.25) is 0 Å². The van der Waals surface area contributed by atoms with Gasteiger partial charge in [0.1, 0.15) is 17.5 Å². The second kappa shape index (κ2) is 6.36. The lowest BCUT2D eigenvalue weighted by molar-refractivity contribution is -0.117. The molecule has 0 radical (unpaired) electrons. The molecule has 1 aromatic rings. The minimum Gasteiger partial charge on any atom is -0.444 e. The first-order valence-electron chi connectivity index (χ1n) is 6.23. The number of amides is 2. The van der Waals surface area contributed by atoms with E-state index in [2.05, 4.69) is 10.6 Å². The van der Waals surface area contributed by atoms with Gasteiger partial charge in [-0.25, -0.2) is 9.18 Å². The molecular formula is C14H19FN2O3.